The van der Waals surface area contributed by atoms with Crippen LogP contribution in [0.25, 0.3) is 0 Å². The number of thioether (sulfide) groups is 1. The molecule has 0 radical (unpaired) electrons. The maximum atomic E-state index is 5.95. The molecule has 0 spiro atoms. The first-order valence-corrected chi connectivity index (χ1v) is 8.73. The van der Waals surface area contributed by atoms with Crippen molar-refractivity contribution < 1.29 is 4.74 Å². The van der Waals surface area contributed by atoms with Gasteiger partial charge in [-0.3, -0.25) is 0 Å². The Balaban J connectivity index is 2.11. The normalized spacial score (nSPS) is 18.1. The molecule has 3 heteroatoms. The zero-order chi connectivity index (χ0) is 13.5. The summed E-state index contributed by atoms with van der Waals surface area (Å²) in [7, 11) is 0. The van der Waals surface area contributed by atoms with Crippen LogP contribution in [0.4, 0.5) is 0 Å². The van der Waals surface area contributed by atoms with Gasteiger partial charge in [-0.1, -0.05) is 19.1 Å². The summed E-state index contributed by atoms with van der Waals surface area (Å²) in [5.74, 6) is 2.16. The first-order chi connectivity index (χ1) is 9.36. The lowest BCUT2D eigenvalue weighted by atomic mass is 9.87. The number of fused-ring (bicyclic) bond motifs is 1. The molecule has 1 N–H and O–H groups in total. The predicted molar refractivity (Wildman–Crippen MR) is 84.3 cm³/mol. The number of ether oxygens (including phenoxy) is 1. The standard InChI is InChI=1S/C16H25NOS/c1-3-10-17-15-8-4-7-14-13(15)6-5-9-16(14)18-11-12-19-2/h5-6,9,15,17H,3-4,7-8,10-12H2,1-2H3. The van der Waals surface area contributed by atoms with Gasteiger partial charge in [-0.05, 0) is 55.7 Å². The zero-order valence-electron chi connectivity index (χ0n) is 12.1. The van der Waals surface area contributed by atoms with Gasteiger partial charge in [0.05, 0.1) is 6.61 Å². The molecule has 0 amide bonds. The second kappa shape index (κ2) is 7.81. The van der Waals surface area contributed by atoms with Crippen molar-refractivity contribution in [3.05, 3.63) is 29.3 Å². The molecule has 1 aliphatic carbocycles. The number of rotatable bonds is 7. The molecule has 2 nitrogen and oxygen atoms in total. The lowest BCUT2D eigenvalue weighted by molar-refractivity contribution is 0.335. The van der Waals surface area contributed by atoms with E-state index in [0.717, 1.165) is 31.1 Å². The Morgan fingerprint density at radius 2 is 2.32 bits per heavy atom. The van der Waals surface area contributed by atoms with Crippen LogP contribution in [0.2, 0.25) is 0 Å². The lowest BCUT2D eigenvalue weighted by Gasteiger charge is -2.28. The van der Waals surface area contributed by atoms with E-state index in [2.05, 4.69) is 36.7 Å². The predicted octanol–water partition coefficient (Wildman–Crippen LogP) is 3.81. The molecule has 1 aromatic rings. The minimum atomic E-state index is 0.521. The van der Waals surface area contributed by atoms with E-state index in [1.165, 1.54) is 30.4 Å². The summed E-state index contributed by atoms with van der Waals surface area (Å²) >= 11 is 1.83. The van der Waals surface area contributed by atoms with Gasteiger partial charge in [0.15, 0.2) is 0 Å². The molecule has 2 rings (SSSR count). The quantitative estimate of drug-likeness (QED) is 0.767. The summed E-state index contributed by atoms with van der Waals surface area (Å²) in [5, 5.41) is 3.66. The molecule has 19 heavy (non-hydrogen) atoms. The molecule has 0 heterocycles. The number of hydrogen-bond donors (Lipinski definition) is 1. The first kappa shape index (κ1) is 14.7. The van der Waals surface area contributed by atoms with E-state index in [1.54, 1.807) is 0 Å². The Morgan fingerprint density at radius 3 is 3.11 bits per heavy atom. The minimum Gasteiger partial charge on any atom is -0.492 e. The van der Waals surface area contributed by atoms with Gasteiger partial charge in [-0.15, -0.1) is 0 Å². The summed E-state index contributed by atoms with van der Waals surface area (Å²) < 4.78 is 5.95. The highest BCUT2D eigenvalue weighted by Gasteiger charge is 2.22. The molecule has 0 aliphatic heterocycles. The van der Waals surface area contributed by atoms with Crippen LogP contribution < -0.4 is 10.1 Å². The first-order valence-electron chi connectivity index (χ1n) is 7.33. The Morgan fingerprint density at radius 1 is 1.42 bits per heavy atom. The van der Waals surface area contributed by atoms with Crippen molar-refractivity contribution in [3.8, 4) is 5.75 Å². The number of nitrogens with one attached hydrogen (secondary N) is 1. The topological polar surface area (TPSA) is 21.3 Å². The highest BCUT2D eigenvalue weighted by Crippen LogP contribution is 2.35. The Labute approximate surface area is 121 Å². The molecule has 106 valence electrons. The van der Waals surface area contributed by atoms with Gasteiger partial charge in [0, 0.05) is 11.8 Å². The van der Waals surface area contributed by atoms with Crippen LogP contribution in [0.3, 0.4) is 0 Å². The largest absolute Gasteiger partial charge is 0.492 e. The average molecular weight is 279 g/mol. The van der Waals surface area contributed by atoms with Crippen LogP contribution in [-0.2, 0) is 6.42 Å². The summed E-state index contributed by atoms with van der Waals surface area (Å²) in [5.41, 5.74) is 2.89. The Bertz CT molecular complexity index is 394. The third kappa shape index (κ3) is 3.90. The van der Waals surface area contributed by atoms with E-state index in [4.69, 9.17) is 4.74 Å². The highest BCUT2D eigenvalue weighted by molar-refractivity contribution is 7.98. The maximum absolute atomic E-state index is 5.95. The van der Waals surface area contributed by atoms with Crippen LogP contribution in [0.5, 0.6) is 5.75 Å². The fourth-order valence-electron chi connectivity index (χ4n) is 2.72. The van der Waals surface area contributed by atoms with Crippen molar-refractivity contribution in [1.82, 2.24) is 5.32 Å². The molecule has 0 saturated heterocycles. The van der Waals surface area contributed by atoms with Crippen molar-refractivity contribution in [2.75, 3.05) is 25.2 Å². The summed E-state index contributed by atoms with van der Waals surface area (Å²) in [6.45, 7) is 4.13. The lowest BCUT2D eigenvalue weighted by Crippen LogP contribution is -2.26. The third-order valence-corrected chi connectivity index (χ3v) is 4.22. The van der Waals surface area contributed by atoms with Gasteiger partial charge in [0.2, 0.25) is 0 Å². The SMILES string of the molecule is CCCNC1CCCc2c(OCCSC)cccc21. The fourth-order valence-corrected chi connectivity index (χ4v) is 2.97. The van der Waals surface area contributed by atoms with Crippen LogP contribution in [0, 0.1) is 0 Å². The fraction of sp³-hybridized carbons (Fsp3) is 0.625. The van der Waals surface area contributed by atoms with Crippen LogP contribution in [0.15, 0.2) is 18.2 Å². The van der Waals surface area contributed by atoms with E-state index in [9.17, 15) is 0 Å². The van der Waals surface area contributed by atoms with Crippen molar-refractivity contribution in [2.24, 2.45) is 0 Å². The van der Waals surface area contributed by atoms with E-state index in [0.29, 0.717) is 6.04 Å². The average Bonchev–Trinajstić information content (AvgIpc) is 2.45. The molecule has 0 bridgehead atoms. The van der Waals surface area contributed by atoms with Gasteiger partial charge in [0.1, 0.15) is 5.75 Å². The molecule has 1 atom stereocenters. The summed E-state index contributed by atoms with van der Waals surface area (Å²) in [6, 6.07) is 7.05. The number of hydrogen-bond acceptors (Lipinski definition) is 3. The third-order valence-electron chi connectivity index (χ3n) is 3.65. The second-order valence-electron chi connectivity index (χ2n) is 5.06. The zero-order valence-corrected chi connectivity index (χ0v) is 12.9. The van der Waals surface area contributed by atoms with Gasteiger partial charge in [-0.25, -0.2) is 0 Å². The van der Waals surface area contributed by atoms with Crippen LogP contribution >= 0.6 is 11.8 Å². The molecular weight excluding hydrogens is 254 g/mol. The van der Waals surface area contributed by atoms with Crippen molar-refractivity contribution in [2.45, 2.75) is 38.6 Å². The van der Waals surface area contributed by atoms with Crippen molar-refractivity contribution in [1.29, 1.82) is 0 Å². The van der Waals surface area contributed by atoms with E-state index in [1.807, 2.05) is 11.8 Å². The molecular formula is C16H25NOS. The highest BCUT2D eigenvalue weighted by atomic mass is 32.2. The van der Waals surface area contributed by atoms with E-state index in [-0.39, 0.29) is 0 Å². The molecule has 0 saturated carbocycles. The summed E-state index contributed by atoms with van der Waals surface area (Å²) in [6.07, 6.45) is 6.98. The molecule has 1 aromatic carbocycles. The summed E-state index contributed by atoms with van der Waals surface area (Å²) in [4.78, 5) is 0. The molecule has 1 aliphatic rings. The minimum absolute atomic E-state index is 0.521. The van der Waals surface area contributed by atoms with Gasteiger partial charge in [0.25, 0.3) is 0 Å². The smallest absolute Gasteiger partial charge is 0.122 e. The van der Waals surface area contributed by atoms with Gasteiger partial charge < -0.3 is 10.1 Å². The molecule has 0 fully saturated rings. The van der Waals surface area contributed by atoms with E-state index < -0.39 is 0 Å². The Kier molecular flexibility index (Phi) is 6.05. The van der Waals surface area contributed by atoms with Crippen molar-refractivity contribution in [3.63, 3.8) is 0 Å². The maximum Gasteiger partial charge on any atom is 0.122 e. The van der Waals surface area contributed by atoms with Crippen LogP contribution in [0.1, 0.15) is 43.4 Å². The van der Waals surface area contributed by atoms with Crippen molar-refractivity contribution >= 4 is 11.8 Å². The number of benzene rings is 1. The van der Waals surface area contributed by atoms with Crippen LogP contribution in [-0.4, -0.2) is 25.2 Å². The van der Waals surface area contributed by atoms with Gasteiger partial charge in [-0.2, -0.15) is 11.8 Å². The second-order valence-corrected chi connectivity index (χ2v) is 6.05. The molecule has 0 aromatic heterocycles. The monoisotopic (exact) mass is 279 g/mol. The van der Waals surface area contributed by atoms with E-state index >= 15 is 0 Å². The molecule has 1 unspecified atom stereocenters. The Hall–Kier alpha value is -0.670. The van der Waals surface area contributed by atoms with Gasteiger partial charge >= 0.3 is 0 Å².